The zero-order valence-corrected chi connectivity index (χ0v) is 18.4. The van der Waals surface area contributed by atoms with E-state index in [1.165, 1.54) is 0 Å². The Morgan fingerprint density at radius 2 is 1.96 bits per heavy atom. The van der Waals surface area contributed by atoms with Crippen molar-refractivity contribution < 1.29 is 4.74 Å². The summed E-state index contributed by atoms with van der Waals surface area (Å²) in [4.78, 5) is 9.28. The molecule has 0 unspecified atom stereocenters. The summed E-state index contributed by atoms with van der Waals surface area (Å²) in [7, 11) is 1.71. The second-order valence-electron chi connectivity index (χ2n) is 6.01. The van der Waals surface area contributed by atoms with E-state index in [1.54, 1.807) is 18.4 Å². The van der Waals surface area contributed by atoms with Crippen LogP contribution < -0.4 is 10.6 Å². The highest BCUT2D eigenvalue weighted by Gasteiger charge is 2.16. The van der Waals surface area contributed by atoms with Crippen LogP contribution in [0.2, 0.25) is 0 Å². The van der Waals surface area contributed by atoms with Gasteiger partial charge in [0, 0.05) is 31.1 Å². The van der Waals surface area contributed by atoms with E-state index in [1.807, 2.05) is 32.0 Å². The Bertz CT molecular complexity index is 658. The number of benzene rings is 1. The molecule has 2 N–H and O–H groups in total. The summed E-state index contributed by atoms with van der Waals surface area (Å²) in [5.41, 5.74) is 1.90. The fourth-order valence-corrected chi connectivity index (χ4v) is 2.71. The molecule has 0 amide bonds. The van der Waals surface area contributed by atoms with Gasteiger partial charge in [0.2, 0.25) is 0 Å². The highest BCUT2D eigenvalue weighted by Crippen LogP contribution is 2.21. The molecule has 25 heavy (non-hydrogen) atoms. The van der Waals surface area contributed by atoms with Gasteiger partial charge < -0.3 is 15.4 Å². The van der Waals surface area contributed by atoms with E-state index in [9.17, 15) is 0 Å². The third kappa shape index (κ3) is 7.29. The molecule has 2 aromatic rings. The third-order valence-electron chi connectivity index (χ3n) is 3.57. The molecule has 7 heteroatoms. The summed E-state index contributed by atoms with van der Waals surface area (Å²) in [5.74, 6) is 0.777. The standard InChI is InChI=1S/C18H26N4OS.HI/c1-5-19-17(21-13-18(2,3)23-4)20-11-16-22-15(12-24-16)14-9-7-6-8-10-14;/h6-10,12H,5,11,13H2,1-4H3,(H2,19,20,21);1H. The number of nitrogens with zero attached hydrogens (tertiary/aromatic N) is 2. The number of nitrogens with one attached hydrogen (secondary N) is 2. The molecule has 2 rings (SSSR count). The van der Waals surface area contributed by atoms with Crippen LogP contribution in [0.3, 0.4) is 0 Å². The van der Waals surface area contributed by atoms with Crippen LogP contribution in [-0.2, 0) is 11.3 Å². The lowest BCUT2D eigenvalue weighted by Crippen LogP contribution is -2.45. The first-order valence-corrected chi connectivity index (χ1v) is 8.99. The van der Waals surface area contributed by atoms with Gasteiger partial charge in [-0.2, -0.15) is 0 Å². The summed E-state index contributed by atoms with van der Waals surface area (Å²) < 4.78 is 5.43. The number of thiazole rings is 1. The molecule has 0 atom stereocenters. The molecule has 0 radical (unpaired) electrons. The van der Waals surface area contributed by atoms with Gasteiger partial charge in [0.15, 0.2) is 5.96 Å². The molecule has 1 aromatic heterocycles. The van der Waals surface area contributed by atoms with Crippen LogP contribution in [0.15, 0.2) is 40.7 Å². The predicted octanol–water partition coefficient (Wildman–Crippen LogP) is 3.91. The molecule has 0 spiro atoms. The van der Waals surface area contributed by atoms with Gasteiger partial charge in [0.1, 0.15) is 5.01 Å². The second-order valence-corrected chi connectivity index (χ2v) is 6.95. The zero-order chi connectivity index (χ0) is 17.4. The lowest BCUT2D eigenvalue weighted by molar-refractivity contribution is 0.0268. The van der Waals surface area contributed by atoms with Crippen LogP contribution in [0, 0.1) is 0 Å². The molecular formula is C18H27IN4OS. The number of ether oxygens (including phenoxy) is 1. The van der Waals surface area contributed by atoms with Gasteiger partial charge in [-0.3, -0.25) is 0 Å². The Kier molecular flexibility index (Phi) is 9.37. The lowest BCUT2D eigenvalue weighted by Gasteiger charge is -2.24. The zero-order valence-electron chi connectivity index (χ0n) is 15.2. The van der Waals surface area contributed by atoms with E-state index in [0.29, 0.717) is 13.1 Å². The number of hydrogen-bond donors (Lipinski definition) is 2. The molecule has 0 saturated heterocycles. The quantitative estimate of drug-likeness (QED) is 0.363. The first kappa shape index (κ1) is 21.9. The number of methoxy groups -OCH3 is 1. The van der Waals surface area contributed by atoms with Crippen molar-refractivity contribution in [2.45, 2.75) is 32.9 Å². The average Bonchev–Trinajstić information content (AvgIpc) is 3.07. The Morgan fingerprint density at radius 1 is 1.24 bits per heavy atom. The summed E-state index contributed by atoms with van der Waals surface area (Å²) in [6.45, 7) is 8.18. The molecule has 0 saturated carbocycles. The molecule has 1 aromatic carbocycles. The van der Waals surface area contributed by atoms with Crippen molar-refractivity contribution in [1.29, 1.82) is 0 Å². The Hall–Kier alpha value is -1.19. The van der Waals surface area contributed by atoms with Crippen molar-refractivity contribution in [3.63, 3.8) is 0 Å². The van der Waals surface area contributed by atoms with Crippen LogP contribution in [0.4, 0.5) is 0 Å². The number of halogens is 1. The molecule has 0 bridgehead atoms. The van der Waals surface area contributed by atoms with Crippen molar-refractivity contribution in [2.24, 2.45) is 4.99 Å². The van der Waals surface area contributed by atoms with Gasteiger partial charge in [0.05, 0.1) is 17.8 Å². The summed E-state index contributed by atoms with van der Waals surface area (Å²) in [6, 6.07) is 10.2. The van der Waals surface area contributed by atoms with Crippen LogP contribution >= 0.6 is 35.3 Å². The molecule has 138 valence electrons. The molecule has 1 heterocycles. The number of hydrogen-bond acceptors (Lipinski definition) is 4. The first-order valence-electron chi connectivity index (χ1n) is 8.11. The van der Waals surface area contributed by atoms with Gasteiger partial charge in [0.25, 0.3) is 0 Å². The van der Waals surface area contributed by atoms with E-state index in [4.69, 9.17) is 4.74 Å². The highest BCUT2D eigenvalue weighted by atomic mass is 127. The van der Waals surface area contributed by atoms with E-state index in [2.05, 4.69) is 45.0 Å². The lowest BCUT2D eigenvalue weighted by atomic mass is 10.1. The van der Waals surface area contributed by atoms with Gasteiger partial charge in [-0.25, -0.2) is 9.98 Å². The van der Waals surface area contributed by atoms with Crippen molar-refractivity contribution in [3.05, 3.63) is 40.7 Å². The average molecular weight is 474 g/mol. The molecule has 0 aliphatic heterocycles. The summed E-state index contributed by atoms with van der Waals surface area (Å²) in [5, 5.41) is 9.63. The van der Waals surface area contributed by atoms with Crippen molar-refractivity contribution >= 4 is 41.3 Å². The third-order valence-corrected chi connectivity index (χ3v) is 4.41. The predicted molar refractivity (Wildman–Crippen MR) is 117 cm³/mol. The van der Waals surface area contributed by atoms with Gasteiger partial charge in [-0.05, 0) is 20.8 Å². The minimum Gasteiger partial charge on any atom is -0.377 e. The number of guanidine groups is 1. The fourth-order valence-electron chi connectivity index (χ4n) is 1.98. The monoisotopic (exact) mass is 474 g/mol. The number of aliphatic imine (C=N–C) groups is 1. The van der Waals surface area contributed by atoms with Crippen LogP contribution in [0.1, 0.15) is 25.8 Å². The molecule has 0 aliphatic carbocycles. The molecular weight excluding hydrogens is 447 g/mol. The largest absolute Gasteiger partial charge is 0.377 e. The maximum atomic E-state index is 5.43. The topological polar surface area (TPSA) is 58.5 Å². The van der Waals surface area contributed by atoms with E-state index in [0.717, 1.165) is 28.8 Å². The molecule has 0 fully saturated rings. The normalized spacial score (nSPS) is 11.8. The smallest absolute Gasteiger partial charge is 0.191 e. The van der Waals surface area contributed by atoms with Gasteiger partial charge in [-0.15, -0.1) is 35.3 Å². The Morgan fingerprint density at radius 3 is 2.60 bits per heavy atom. The molecule has 5 nitrogen and oxygen atoms in total. The molecule has 0 aliphatic rings. The second kappa shape index (κ2) is 10.7. The van der Waals surface area contributed by atoms with Crippen molar-refractivity contribution in [2.75, 3.05) is 20.2 Å². The van der Waals surface area contributed by atoms with Crippen molar-refractivity contribution in [3.8, 4) is 11.3 Å². The SMILES string of the molecule is CCNC(=NCc1nc(-c2ccccc2)cs1)NCC(C)(C)OC.I. The van der Waals surface area contributed by atoms with Gasteiger partial charge >= 0.3 is 0 Å². The first-order chi connectivity index (χ1) is 11.5. The number of aromatic nitrogens is 1. The number of rotatable bonds is 7. The summed E-state index contributed by atoms with van der Waals surface area (Å²) in [6.07, 6.45) is 0. The van der Waals surface area contributed by atoms with Crippen LogP contribution in [-0.4, -0.2) is 36.7 Å². The van der Waals surface area contributed by atoms with Crippen LogP contribution in [0.5, 0.6) is 0 Å². The van der Waals surface area contributed by atoms with E-state index < -0.39 is 0 Å². The summed E-state index contributed by atoms with van der Waals surface area (Å²) >= 11 is 1.63. The van der Waals surface area contributed by atoms with Gasteiger partial charge in [-0.1, -0.05) is 30.3 Å². The van der Waals surface area contributed by atoms with E-state index >= 15 is 0 Å². The maximum Gasteiger partial charge on any atom is 0.191 e. The van der Waals surface area contributed by atoms with E-state index in [-0.39, 0.29) is 29.6 Å². The highest BCUT2D eigenvalue weighted by molar-refractivity contribution is 14.0. The van der Waals surface area contributed by atoms with Crippen LogP contribution in [0.25, 0.3) is 11.3 Å². The Labute approximate surface area is 171 Å². The minimum atomic E-state index is -0.238. The fraction of sp³-hybridized carbons (Fsp3) is 0.444. The minimum absolute atomic E-state index is 0. The Balaban J connectivity index is 0.00000312. The van der Waals surface area contributed by atoms with Crippen molar-refractivity contribution in [1.82, 2.24) is 15.6 Å². The maximum absolute atomic E-state index is 5.43.